The Balaban J connectivity index is 2.17. The van der Waals surface area contributed by atoms with Crippen LogP contribution in [-0.4, -0.2) is 42.3 Å². The Labute approximate surface area is 134 Å². The summed E-state index contributed by atoms with van der Waals surface area (Å²) in [6.07, 6.45) is 0. The number of benzene rings is 2. The summed E-state index contributed by atoms with van der Waals surface area (Å²) in [6, 6.07) is 16.9. The van der Waals surface area contributed by atoms with E-state index in [1.807, 2.05) is 0 Å². The summed E-state index contributed by atoms with van der Waals surface area (Å²) in [4.78, 5) is 0. The molecule has 0 saturated carbocycles. The van der Waals surface area contributed by atoms with Crippen molar-refractivity contribution < 1.29 is 0 Å². The Morgan fingerprint density at radius 3 is 1.00 bits per heavy atom. The van der Waals surface area contributed by atoms with E-state index < -0.39 is 0 Å². The maximum atomic E-state index is 3.24. The fourth-order valence-electron chi connectivity index (χ4n) is 2.13. The van der Waals surface area contributed by atoms with Gasteiger partial charge in [0.05, 0.1) is 42.3 Å². The van der Waals surface area contributed by atoms with Crippen molar-refractivity contribution in [2.75, 3.05) is 42.3 Å². The van der Waals surface area contributed by atoms with Gasteiger partial charge in [-0.1, -0.05) is 11.8 Å². The van der Waals surface area contributed by atoms with E-state index in [-0.39, 0.29) is 0 Å². The normalized spacial score (nSPS) is 11.7. The van der Waals surface area contributed by atoms with Crippen LogP contribution in [0.2, 0.25) is 0 Å². The van der Waals surface area contributed by atoms with Crippen LogP contribution in [0.15, 0.2) is 48.5 Å². The Morgan fingerprint density at radius 2 is 0.773 bits per heavy atom. The van der Waals surface area contributed by atoms with Gasteiger partial charge < -0.3 is 0 Å². The third-order valence-electron chi connectivity index (χ3n) is 3.63. The molecule has 0 heterocycles. The average molecular weight is 294 g/mol. The first-order valence-corrected chi connectivity index (χ1v) is 7.52. The summed E-state index contributed by atoms with van der Waals surface area (Å²) in [7, 11) is 13.0. The molecule has 0 spiro atoms. The van der Waals surface area contributed by atoms with Gasteiger partial charge in [-0.25, -0.2) is 0 Å². The number of nitrogens with zero attached hydrogens (tertiary/aromatic N) is 2. The van der Waals surface area contributed by atoms with Crippen LogP contribution in [0.25, 0.3) is 0 Å². The van der Waals surface area contributed by atoms with E-state index in [9.17, 15) is 0 Å². The van der Waals surface area contributed by atoms with Gasteiger partial charge in [0.2, 0.25) is 0 Å². The summed E-state index contributed by atoms with van der Waals surface area (Å²) >= 11 is 0. The summed E-state index contributed by atoms with van der Waals surface area (Å²) in [5.74, 6) is 6.47. The van der Waals surface area contributed by atoms with E-state index in [1.54, 1.807) is 0 Å². The molecule has 0 saturated heterocycles. The highest BCUT2D eigenvalue weighted by Crippen LogP contribution is 2.18. The first kappa shape index (κ1) is 16.3. The molecule has 0 fully saturated rings. The van der Waals surface area contributed by atoms with Gasteiger partial charge in [0.1, 0.15) is 11.4 Å². The minimum Gasteiger partial charge on any atom is -0.298 e. The predicted octanol–water partition coefficient (Wildman–Crippen LogP) is 3.48. The van der Waals surface area contributed by atoms with Crippen LogP contribution in [0, 0.1) is 11.8 Å². The molecule has 0 amide bonds. The number of hydrogen-bond acceptors (Lipinski definition) is 0. The fourth-order valence-corrected chi connectivity index (χ4v) is 2.13. The lowest BCUT2D eigenvalue weighted by atomic mass is 10.1. The Morgan fingerprint density at radius 1 is 0.500 bits per heavy atom. The molecule has 0 atom stereocenters. The van der Waals surface area contributed by atoms with Crippen LogP contribution in [0.5, 0.6) is 0 Å². The molecule has 2 rings (SSSR count). The molecule has 0 aliphatic heterocycles. The van der Waals surface area contributed by atoms with E-state index in [4.69, 9.17) is 0 Å². The second-order valence-corrected chi connectivity index (χ2v) is 7.37. The van der Waals surface area contributed by atoms with Crippen molar-refractivity contribution in [3.8, 4) is 11.8 Å². The summed E-state index contributed by atoms with van der Waals surface area (Å²) in [5, 5.41) is 0. The van der Waals surface area contributed by atoms with Gasteiger partial charge in [-0.2, -0.15) is 0 Å². The molecule has 2 nitrogen and oxygen atoms in total. The molecule has 0 bridgehead atoms. The average Bonchev–Trinajstić information content (AvgIpc) is 2.44. The van der Waals surface area contributed by atoms with E-state index in [0.717, 1.165) is 20.1 Å². The molecule has 0 radical (unpaired) electrons. The van der Waals surface area contributed by atoms with Crippen molar-refractivity contribution in [1.29, 1.82) is 0 Å². The molecule has 2 aromatic carbocycles. The molecule has 0 aliphatic rings. The van der Waals surface area contributed by atoms with Crippen LogP contribution in [0.1, 0.15) is 11.1 Å². The van der Waals surface area contributed by atoms with E-state index in [0.29, 0.717) is 0 Å². The highest BCUT2D eigenvalue weighted by atomic mass is 15.3. The van der Waals surface area contributed by atoms with Gasteiger partial charge in [-0.3, -0.25) is 8.97 Å². The van der Waals surface area contributed by atoms with Crippen molar-refractivity contribution in [3.05, 3.63) is 59.7 Å². The molecule has 2 heteroatoms. The molecule has 0 aromatic heterocycles. The highest BCUT2D eigenvalue weighted by Gasteiger charge is 2.11. The van der Waals surface area contributed by atoms with Crippen LogP contribution < -0.4 is 8.97 Å². The highest BCUT2D eigenvalue weighted by molar-refractivity contribution is 5.51. The lowest BCUT2D eigenvalue weighted by molar-refractivity contribution is 0.486. The van der Waals surface area contributed by atoms with E-state index in [2.05, 4.69) is 103 Å². The smallest absolute Gasteiger partial charge is 0.132 e. The van der Waals surface area contributed by atoms with Gasteiger partial charge in [-0.15, -0.1) is 0 Å². The second kappa shape index (κ2) is 5.96. The lowest BCUT2D eigenvalue weighted by Crippen LogP contribution is -2.34. The molecule has 0 N–H and O–H groups in total. The Kier molecular flexibility index (Phi) is 4.42. The maximum Gasteiger partial charge on any atom is 0.132 e. The van der Waals surface area contributed by atoms with Crippen LogP contribution in [0.4, 0.5) is 11.4 Å². The van der Waals surface area contributed by atoms with Gasteiger partial charge in [0.25, 0.3) is 0 Å². The summed E-state index contributed by atoms with van der Waals surface area (Å²) < 4.78 is 1.64. The van der Waals surface area contributed by atoms with Gasteiger partial charge in [-0.05, 0) is 24.3 Å². The van der Waals surface area contributed by atoms with Gasteiger partial charge in [0.15, 0.2) is 0 Å². The van der Waals surface area contributed by atoms with Crippen molar-refractivity contribution in [1.82, 2.24) is 8.97 Å². The van der Waals surface area contributed by atoms with Crippen LogP contribution in [-0.2, 0) is 0 Å². The zero-order valence-corrected chi connectivity index (χ0v) is 14.5. The molecule has 0 unspecified atom stereocenters. The molecule has 114 valence electrons. The number of rotatable bonds is 2. The monoisotopic (exact) mass is 294 g/mol. The van der Waals surface area contributed by atoms with E-state index >= 15 is 0 Å². The lowest BCUT2D eigenvalue weighted by Gasteiger charge is -2.23. The van der Waals surface area contributed by atoms with Crippen molar-refractivity contribution >= 4 is 11.4 Å². The molecule has 0 aliphatic carbocycles. The predicted molar refractivity (Wildman–Crippen MR) is 98.0 cm³/mol. The minimum atomic E-state index is 0.820. The van der Waals surface area contributed by atoms with Crippen molar-refractivity contribution in [2.45, 2.75) is 0 Å². The summed E-state index contributed by atoms with van der Waals surface area (Å²) in [5.41, 5.74) is 4.65. The molecule has 22 heavy (non-hydrogen) atoms. The quantitative estimate of drug-likeness (QED) is 0.587. The molecular formula is C20H26N2+2. The van der Waals surface area contributed by atoms with E-state index in [1.165, 1.54) is 11.4 Å². The summed E-state index contributed by atoms with van der Waals surface area (Å²) in [6.45, 7) is 0. The standard InChI is InChI=1S/C20H26N2/c1-21(2,3)19-13-9-17(10-14-19)7-8-18-11-15-20(16-12-18)22(4,5)6/h9-16H,1-6H3/q+2. The molecular weight excluding hydrogens is 268 g/mol. The third-order valence-corrected chi connectivity index (χ3v) is 3.63. The van der Waals surface area contributed by atoms with Crippen molar-refractivity contribution in [3.63, 3.8) is 0 Å². The fraction of sp³-hybridized carbons (Fsp3) is 0.300. The zero-order chi connectivity index (χ0) is 16.4. The van der Waals surface area contributed by atoms with Crippen LogP contribution >= 0.6 is 0 Å². The second-order valence-electron chi connectivity index (χ2n) is 7.37. The van der Waals surface area contributed by atoms with Gasteiger partial charge >= 0.3 is 0 Å². The first-order valence-electron chi connectivity index (χ1n) is 7.52. The first-order chi connectivity index (χ1) is 10.2. The zero-order valence-electron chi connectivity index (χ0n) is 14.5. The maximum absolute atomic E-state index is 3.24. The largest absolute Gasteiger partial charge is 0.298 e. The van der Waals surface area contributed by atoms with Gasteiger partial charge in [0, 0.05) is 35.4 Å². The van der Waals surface area contributed by atoms with Crippen LogP contribution in [0.3, 0.4) is 0 Å². The number of hydrogen-bond donors (Lipinski definition) is 0. The minimum absolute atomic E-state index is 0.820. The SMILES string of the molecule is C[N+](C)(C)c1ccc(C#Cc2ccc([N+](C)(C)C)cc2)cc1. The number of quaternary nitrogens is 2. The Bertz CT molecular complexity index is 624. The topological polar surface area (TPSA) is 0 Å². The Hall–Kier alpha value is -2.08. The van der Waals surface area contributed by atoms with Crippen molar-refractivity contribution in [2.24, 2.45) is 0 Å². The third kappa shape index (κ3) is 4.21. The molecule has 2 aromatic rings.